The molecule has 0 spiro atoms. The fraction of sp³-hybridized carbons (Fsp3) is 0.533. The second-order valence-electron chi connectivity index (χ2n) is 5.82. The van der Waals surface area contributed by atoms with Gasteiger partial charge in [-0.3, -0.25) is 4.90 Å². The van der Waals surface area contributed by atoms with Crippen LogP contribution in [0.3, 0.4) is 0 Å². The molecule has 108 valence electrons. The Morgan fingerprint density at radius 3 is 2.80 bits per heavy atom. The van der Waals surface area contributed by atoms with Gasteiger partial charge in [0.05, 0.1) is 10.0 Å². The lowest BCUT2D eigenvalue weighted by Gasteiger charge is -2.41. The molecule has 1 aromatic carbocycles. The van der Waals surface area contributed by atoms with Crippen molar-refractivity contribution in [3.63, 3.8) is 0 Å². The topological polar surface area (TPSA) is 35.8 Å². The summed E-state index contributed by atoms with van der Waals surface area (Å²) in [5, 5.41) is 13.5. The van der Waals surface area contributed by atoms with Crippen LogP contribution in [0.5, 0.6) is 0 Å². The van der Waals surface area contributed by atoms with Crippen LogP contribution in [0.25, 0.3) is 0 Å². The molecule has 2 aliphatic rings. The number of piperidine rings is 1. The largest absolute Gasteiger partial charge is 0.411 e. The number of oxime groups is 1. The lowest BCUT2D eigenvalue weighted by atomic mass is 9.77. The molecule has 0 saturated carbocycles. The number of fused-ring (bicyclic) bond motifs is 2. The minimum atomic E-state index is 0.223. The van der Waals surface area contributed by atoms with E-state index in [1.54, 1.807) is 6.21 Å². The van der Waals surface area contributed by atoms with E-state index in [-0.39, 0.29) is 5.92 Å². The van der Waals surface area contributed by atoms with Crippen LogP contribution in [0, 0.1) is 5.92 Å². The van der Waals surface area contributed by atoms with Crippen LogP contribution in [-0.4, -0.2) is 35.5 Å². The van der Waals surface area contributed by atoms with Crippen molar-refractivity contribution < 1.29 is 5.21 Å². The molecule has 1 unspecified atom stereocenters. The fourth-order valence-corrected chi connectivity index (χ4v) is 4.20. The first-order valence-electron chi connectivity index (χ1n) is 6.96. The van der Waals surface area contributed by atoms with Gasteiger partial charge in [-0.05, 0) is 49.9 Å². The normalized spacial score (nSPS) is 34.0. The molecule has 0 aromatic heterocycles. The van der Waals surface area contributed by atoms with Crippen molar-refractivity contribution in [1.29, 1.82) is 0 Å². The Morgan fingerprint density at radius 2 is 2.10 bits per heavy atom. The quantitative estimate of drug-likeness (QED) is 0.508. The summed E-state index contributed by atoms with van der Waals surface area (Å²) in [6.45, 7) is 0. The highest BCUT2D eigenvalue weighted by Crippen LogP contribution is 2.46. The molecule has 0 radical (unpaired) electrons. The number of halogens is 2. The summed E-state index contributed by atoms with van der Waals surface area (Å²) >= 11 is 12.2. The fourth-order valence-electron chi connectivity index (χ4n) is 3.89. The van der Waals surface area contributed by atoms with Gasteiger partial charge in [-0.2, -0.15) is 0 Å². The van der Waals surface area contributed by atoms with Crippen LogP contribution in [0.2, 0.25) is 10.0 Å². The Balaban J connectivity index is 1.96. The van der Waals surface area contributed by atoms with Crippen molar-refractivity contribution in [1.82, 2.24) is 4.90 Å². The van der Waals surface area contributed by atoms with E-state index in [9.17, 15) is 0 Å². The highest BCUT2D eigenvalue weighted by Gasteiger charge is 2.45. The smallest absolute Gasteiger partial charge is 0.0595 e. The first-order chi connectivity index (χ1) is 9.61. The maximum absolute atomic E-state index is 9.00. The summed E-state index contributed by atoms with van der Waals surface area (Å²) in [5.74, 6) is 0.565. The third-order valence-corrected chi connectivity index (χ3v) is 5.68. The molecule has 0 aliphatic carbocycles. The number of rotatable bonds is 2. The molecule has 3 nitrogen and oxygen atoms in total. The average Bonchev–Trinajstić information content (AvgIpc) is 2.67. The Hall–Kier alpha value is -0.770. The molecule has 4 atom stereocenters. The number of nitrogens with zero attached hydrogens (tertiary/aromatic N) is 2. The zero-order valence-electron chi connectivity index (χ0n) is 11.3. The van der Waals surface area contributed by atoms with E-state index in [0.717, 1.165) is 12.8 Å². The Bertz CT molecular complexity index is 535. The van der Waals surface area contributed by atoms with Gasteiger partial charge in [0, 0.05) is 24.2 Å². The summed E-state index contributed by atoms with van der Waals surface area (Å²) in [5.41, 5.74) is 1.19. The van der Waals surface area contributed by atoms with E-state index in [1.807, 2.05) is 18.2 Å². The molecular weight excluding hydrogens is 295 g/mol. The van der Waals surface area contributed by atoms with Crippen LogP contribution in [0.15, 0.2) is 23.4 Å². The van der Waals surface area contributed by atoms with Gasteiger partial charge in [0.2, 0.25) is 0 Å². The Kier molecular flexibility index (Phi) is 3.93. The number of benzene rings is 1. The van der Waals surface area contributed by atoms with Crippen LogP contribution < -0.4 is 0 Å². The third kappa shape index (κ3) is 2.32. The van der Waals surface area contributed by atoms with Gasteiger partial charge >= 0.3 is 0 Å². The van der Waals surface area contributed by atoms with Crippen LogP contribution in [0.4, 0.5) is 0 Å². The van der Waals surface area contributed by atoms with Crippen molar-refractivity contribution >= 4 is 29.4 Å². The van der Waals surface area contributed by atoms with E-state index >= 15 is 0 Å². The summed E-state index contributed by atoms with van der Waals surface area (Å²) in [6.07, 6.45) is 5.14. The zero-order chi connectivity index (χ0) is 14.3. The average molecular weight is 313 g/mol. The van der Waals surface area contributed by atoms with E-state index in [1.165, 1.54) is 12.0 Å². The highest BCUT2D eigenvalue weighted by molar-refractivity contribution is 6.42. The summed E-state index contributed by atoms with van der Waals surface area (Å²) in [6, 6.07) is 6.92. The second-order valence-corrected chi connectivity index (χ2v) is 6.64. The molecule has 3 rings (SSSR count). The molecule has 2 bridgehead atoms. The molecule has 2 saturated heterocycles. The van der Waals surface area contributed by atoms with Gasteiger partial charge in [0.15, 0.2) is 0 Å². The SMILES string of the molecule is CN1C2CC[C@@H]1[C@H](C=NO)[C@@H](c1ccc(Cl)c(Cl)c1)C2. The second kappa shape index (κ2) is 5.55. The molecular formula is C15H18Cl2N2O. The summed E-state index contributed by atoms with van der Waals surface area (Å²) in [4.78, 5) is 2.43. The van der Waals surface area contributed by atoms with Gasteiger partial charge in [0.25, 0.3) is 0 Å². The van der Waals surface area contributed by atoms with Crippen molar-refractivity contribution in [2.24, 2.45) is 11.1 Å². The predicted octanol–water partition coefficient (Wildman–Crippen LogP) is 4.02. The zero-order valence-corrected chi connectivity index (χ0v) is 12.8. The molecule has 2 fully saturated rings. The minimum absolute atomic E-state index is 0.223. The number of hydrogen-bond acceptors (Lipinski definition) is 3. The molecule has 0 amide bonds. The lowest BCUT2D eigenvalue weighted by molar-refractivity contribution is 0.133. The molecule has 5 heteroatoms. The monoisotopic (exact) mass is 312 g/mol. The maximum Gasteiger partial charge on any atom is 0.0595 e. The first kappa shape index (κ1) is 14.2. The van der Waals surface area contributed by atoms with Crippen molar-refractivity contribution in [3.8, 4) is 0 Å². The summed E-state index contributed by atoms with van der Waals surface area (Å²) < 4.78 is 0. The molecule has 20 heavy (non-hydrogen) atoms. The third-order valence-electron chi connectivity index (χ3n) is 4.94. The molecule has 1 N–H and O–H groups in total. The van der Waals surface area contributed by atoms with Gasteiger partial charge in [-0.25, -0.2) is 0 Å². The van der Waals surface area contributed by atoms with E-state index in [0.29, 0.717) is 28.0 Å². The minimum Gasteiger partial charge on any atom is -0.411 e. The van der Waals surface area contributed by atoms with Crippen molar-refractivity contribution in [3.05, 3.63) is 33.8 Å². The molecule has 2 heterocycles. The van der Waals surface area contributed by atoms with Crippen LogP contribution >= 0.6 is 23.2 Å². The predicted molar refractivity (Wildman–Crippen MR) is 82.2 cm³/mol. The highest BCUT2D eigenvalue weighted by atomic mass is 35.5. The standard InChI is InChI=1S/C15H18Cl2N2O/c1-19-10-3-5-15(19)12(8-18-20)11(7-10)9-2-4-13(16)14(17)6-9/h2,4,6,8,10-12,15,20H,3,5,7H2,1H3/t10?,11-,12-,15-/m1/s1. The van der Waals surface area contributed by atoms with Gasteiger partial charge < -0.3 is 5.21 Å². The van der Waals surface area contributed by atoms with Crippen molar-refractivity contribution in [2.45, 2.75) is 37.3 Å². The number of hydrogen-bond donors (Lipinski definition) is 1. The van der Waals surface area contributed by atoms with Crippen LogP contribution in [0.1, 0.15) is 30.7 Å². The molecule has 2 aliphatic heterocycles. The van der Waals surface area contributed by atoms with Crippen molar-refractivity contribution in [2.75, 3.05) is 7.05 Å². The summed E-state index contributed by atoms with van der Waals surface area (Å²) in [7, 11) is 2.17. The van der Waals surface area contributed by atoms with Crippen LogP contribution in [-0.2, 0) is 0 Å². The van der Waals surface area contributed by atoms with Gasteiger partial charge in [-0.15, -0.1) is 5.16 Å². The maximum atomic E-state index is 9.00. The first-order valence-corrected chi connectivity index (χ1v) is 7.72. The van der Waals surface area contributed by atoms with E-state index in [4.69, 9.17) is 28.4 Å². The lowest BCUT2D eigenvalue weighted by Crippen LogP contribution is -2.46. The van der Waals surface area contributed by atoms with Gasteiger partial charge in [-0.1, -0.05) is 29.3 Å². The molecule has 1 aromatic rings. The van der Waals surface area contributed by atoms with E-state index in [2.05, 4.69) is 17.1 Å². The Morgan fingerprint density at radius 1 is 1.30 bits per heavy atom. The Labute approximate surface area is 129 Å². The van der Waals surface area contributed by atoms with Gasteiger partial charge in [0.1, 0.15) is 0 Å². The van der Waals surface area contributed by atoms with E-state index < -0.39 is 0 Å².